The minimum absolute atomic E-state index is 0.0429. The Labute approximate surface area is 190 Å². The largest absolute Gasteiger partial charge is 0.491 e. The summed E-state index contributed by atoms with van der Waals surface area (Å²) in [5.41, 5.74) is 7.18. The third-order valence-electron chi connectivity index (χ3n) is 5.05. The van der Waals surface area contributed by atoms with Crippen molar-refractivity contribution in [2.24, 2.45) is 5.73 Å². The average molecular weight is 449 g/mol. The molecule has 0 amide bonds. The highest BCUT2D eigenvalue weighted by Crippen LogP contribution is 2.43. The third kappa shape index (κ3) is 4.51. The third-order valence-corrected chi connectivity index (χ3v) is 5.05. The Morgan fingerprint density at radius 2 is 1.79 bits per heavy atom. The number of benzene rings is 2. The summed E-state index contributed by atoms with van der Waals surface area (Å²) in [6.07, 6.45) is 0. The predicted octanol–water partition coefficient (Wildman–Crippen LogP) is 1.96. The molecule has 170 valence electrons. The van der Waals surface area contributed by atoms with Crippen LogP contribution in [0.5, 0.6) is 5.75 Å². The number of hydrogen-bond acceptors (Lipinski definition) is 9. The highest BCUT2D eigenvalue weighted by Gasteiger charge is 2.43. The lowest BCUT2D eigenvalue weighted by atomic mass is 9.81. The molecule has 0 aliphatic carbocycles. The van der Waals surface area contributed by atoms with Crippen LogP contribution in [0.25, 0.3) is 0 Å². The SMILES string of the molecule is COC(=O)C1=C(C(=O)OC)N(c2cccc(OCCO)c2)C(N)=C(C#N)C1c1ccccc1. The van der Waals surface area contributed by atoms with Crippen molar-refractivity contribution >= 4 is 17.6 Å². The zero-order chi connectivity index (χ0) is 24.0. The van der Waals surface area contributed by atoms with Crippen LogP contribution in [0.15, 0.2) is 77.3 Å². The van der Waals surface area contributed by atoms with Gasteiger partial charge in [-0.15, -0.1) is 0 Å². The lowest BCUT2D eigenvalue weighted by Gasteiger charge is -2.36. The van der Waals surface area contributed by atoms with Crippen molar-refractivity contribution in [3.63, 3.8) is 0 Å². The zero-order valence-corrected chi connectivity index (χ0v) is 18.1. The average Bonchev–Trinajstić information content (AvgIpc) is 2.86. The molecule has 1 aliphatic rings. The van der Waals surface area contributed by atoms with E-state index in [1.54, 1.807) is 54.6 Å². The smallest absolute Gasteiger partial charge is 0.355 e. The Morgan fingerprint density at radius 1 is 1.09 bits per heavy atom. The first-order valence-electron chi connectivity index (χ1n) is 9.97. The molecule has 0 saturated carbocycles. The fraction of sp³-hybridized carbons (Fsp3) is 0.208. The number of nitrogens with two attached hydrogens (primary N) is 1. The summed E-state index contributed by atoms with van der Waals surface area (Å²) in [5.74, 6) is -2.23. The number of nitrogens with zero attached hydrogens (tertiary/aromatic N) is 2. The quantitative estimate of drug-likeness (QED) is 0.608. The number of carbonyl (C=O) groups is 2. The maximum atomic E-state index is 13.0. The second-order valence-corrected chi connectivity index (χ2v) is 6.90. The summed E-state index contributed by atoms with van der Waals surface area (Å²) >= 11 is 0. The van der Waals surface area contributed by atoms with Crippen molar-refractivity contribution in [3.8, 4) is 11.8 Å². The van der Waals surface area contributed by atoms with Crippen LogP contribution in [0, 0.1) is 11.3 Å². The standard InChI is InChI=1S/C24H23N3O6/c1-31-23(29)20-19(15-7-4-3-5-8-15)18(14-25)22(26)27(21(20)24(30)32-2)16-9-6-10-17(13-16)33-12-11-28/h3-10,13,19,28H,11-12,26H2,1-2H3. The Balaban J connectivity index is 2.33. The van der Waals surface area contributed by atoms with Crippen LogP contribution in [0.2, 0.25) is 0 Å². The van der Waals surface area contributed by atoms with E-state index in [2.05, 4.69) is 6.07 Å². The molecule has 2 aromatic rings. The van der Waals surface area contributed by atoms with E-state index in [1.165, 1.54) is 19.1 Å². The molecule has 0 radical (unpaired) electrons. The van der Waals surface area contributed by atoms with Crippen LogP contribution in [-0.2, 0) is 19.1 Å². The van der Waals surface area contributed by atoms with Crippen molar-refractivity contribution in [1.29, 1.82) is 5.26 Å². The number of rotatable bonds is 7. The molecule has 3 rings (SSSR count). The number of ether oxygens (including phenoxy) is 3. The van der Waals surface area contributed by atoms with Gasteiger partial charge in [0.15, 0.2) is 0 Å². The van der Waals surface area contributed by atoms with Gasteiger partial charge in [-0.25, -0.2) is 9.59 Å². The second kappa shape index (κ2) is 10.3. The first kappa shape index (κ1) is 23.4. The first-order chi connectivity index (χ1) is 16.0. The minimum atomic E-state index is -0.942. The van der Waals surface area contributed by atoms with Gasteiger partial charge in [0.2, 0.25) is 0 Å². The van der Waals surface area contributed by atoms with Crippen LogP contribution in [0.3, 0.4) is 0 Å². The second-order valence-electron chi connectivity index (χ2n) is 6.90. The number of anilines is 1. The van der Waals surface area contributed by atoms with Gasteiger partial charge in [0, 0.05) is 6.07 Å². The molecule has 1 unspecified atom stereocenters. The molecule has 3 N–H and O–H groups in total. The monoisotopic (exact) mass is 449 g/mol. The van der Waals surface area contributed by atoms with Gasteiger partial charge in [-0.05, 0) is 17.7 Å². The maximum absolute atomic E-state index is 13.0. The number of aliphatic hydroxyl groups is 1. The van der Waals surface area contributed by atoms with Crippen molar-refractivity contribution in [3.05, 3.63) is 82.8 Å². The predicted molar refractivity (Wildman–Crippen MR) is 119 cm³/mol. The van der Waals surface area contributed by atoms with Gasteiger partial charge >= 0.3 is 11.9 Å². The highest BCUT2D eigenvalue weighted by atomic mass is 16.5. The van der Waals surface area contributed by atoms with E-state index in [9.17, 15) is 14.9 Å². The fourth-order valence-corrected chi connectivity index (χ4v) is 3.66. The van der Waals surface area contributed by atoms with Crippen LogP contribution in [-0.4, -0.2) is 44.5 Å². The summed E-state index contributed by atoms with van der Waals surface area (Å²) in [5, 5.41) is 19.1. The van der Waals surface area contributed by atoms with Crippen LogP contribution < -0.4 is 15.4 Å². The van der Waals surface area contributed by atoms with Gasteiger partial charge in [-0.3, -0.25) is 4.90 Å². The van der Waals surface area contributed by atoms with Crippen molar-refractivity contribution in [1.82, 2.24) is 0 Å². The van der Waals surface area contributed by atoms with Crippen LogP contribution in [0.1, 0.15) is 11.5 Å². The highest BCUT2D eigenvalue weighted by molar-refractivity contribution is 6.06. The molecule has 2 aromatic carbocycles. The van der Waals surface area contributed by atoms with Crippen LogP contribution in [0.4, 0.5) is 5.69 Å². The molecule has 9 heteroatoms. The van der Waals surface area contributed by atoms with E-state index in [-0.39, 0.29) is 35.9 Å². The minimum Gasteiger partial charge on any atom is -0.491 e. The topological polar surface area (TPSA) is 135 Å². The van der Waals surface area contributed by atoms with Gasteiger partial charge in [-0.1, -0.05) is 36.4 Å². The summed E-state index contributed by atoms with van der Waals surface area (Å²) in [4.78, 5) is 27.3. The van der Waals surface area contributed by atoms with E-state index in [4.69, 9.17) is 25.1 Å². The van der Waals surface area contributed by atoms with Crippen LogP contribution >= 0.6 is 0 Å². The number of methoxy groups -OCH3 is 2. The molecule has 0 aromatic heterocycles. The van der Waals surface area contributed by atoms with E-state index >= 15 is 0 Å². The molecule has 1 atom stereocenters. The van der Waals surface area contributed by atoms with Crippen molar-refractivity contribution in [2.45, 2.75) is 5.92 Å². The van der Waals surface area contributed by atoms with E-state index in [0.717, 1.165) is 0 Å². The Bertz CT molecular complexity index is 1150. The molecule has 1 aliphatic heterocycles. The molecule has 1 heterocycles. The summed E-state index contributed by atoms with van der Waals surface area (Å²) in [6.45, 7) is -0.130. The number of carbonyl (C=O) groups excluding carboxylic acids is 2. The van der Waals surface area contributed by atoms with Gasteiger partial charge in [0.1, 0.15) is 23.9 Å². The molecular formula is C24H23N3O6. The number of esters is 2. The molecule has 0 fully saturated rings. The van der Waals surface area contributed by atoms with E-state index < -0.39 is 17.9 Å². The molecule has 0 spiro atoms. The lowest BCUT2D eigenvalue weighted by molar-refractivity contribution is -0.139. The molecule has 0 bridgehead atoms. The maximum Gasteiger partial charge on any atom is 0.355 e. The first-order valence-corrected chi connectivity index (χ1v) is 9.97. The van der Waals surface area contributed by atoms with Crippen molar-refractivity contribution < 1.29 is 28.9 Å². The normalized spacial score (nSPS) is 15.7. The summed E-state index contributed by atoms with van der Waals surface area (Å²) < 4.78 is 15.5. The number of nitriles is 1. The molecular weight excluding hydrogens is 426 g/mol. The summed E-state index contributed by atoms with van der Waals surface area (Å²) in [7, 11) is 2.37. The van der Waals surface area contributed by atoms with Gasteiger partial charge < -0.3 is 25.1 Å². The van der Waals surface area contributed by atoms with Gasteiger partial charge in [-0.2, -0.15) is 5.26 Å². The fourth-order valence-electron chi connectivity index (χ4n) is 3.66. The number of aliphatic hydroxyl groups excluding tert-OH is 1. The van der Waals surface area contributed by atoms with Crippen molar-refractivity contribution in [2.75, 3.05) is 32.3 Å². The Kier molecular flexibility index (Phi) is 7.33. The molecule has 9 nitrogen and oxygen atoms in total. The zero-order valence-electron chi connectivity index (χ0n) is 18.1. The Hall–Kier alpha value is -4.29. The van der Waals surface area contributed by atoms with Gasteiger partial charge in [0.05, 0.1) is 49.6 Å². The van der Waals surface area contributed by atoms with Gasteiger partial charge in [0.25, 0.3) is 0 Å². The number of allylic oxidation sites excluding steroid dienone is 1. The Morgan fingerprint density at radius 3 is 2.39 bits per heavy atom. The molecule has 0 saturated heterocycles. The van der Waals surface area contributed by atoms with E-state index in [0.29, 0.717) is 17.0 Å². The number of hydrogen-bond donors (Lipinski definition) is 2. The lowest BCUT2D eigenvalue weighted by Crippen LogP contribution is -2.40. The summed E-state index contributed by atoms with van der Waals surface area (Å²) in [6, 6.07) is 17.3. The van der Waals surface area contributed by atoms with E-state index in [1.807, 2.05) is 0 Å². The molecule has 33 heavy (non-hydrogen) atoms.